The number of amides is 1. The van der Waals surface area contributed by atoms with Crippen LogP contribution in [0, 0.1) is 13.8 Å². The van der Waals surface area contributed by atoms with E-state index in [4.69, 9.17) is 9.47 Å². The summed E-state index contributed by atoms with van der Waals surface area (Å²) < 4.78 is 12.1. The average molecular weight is 403 g/mol. The first-order valence-corrected chi connectivity index (χ1v) is 9.34. The molecule has 8 heteroatoms. The minimum absolute atomic E-state index is 0.203. The summed E-state index contributed by atoms with van der Waals surface area (Å²) in [4.78, 5) is 12.8. The molecule has 0 aliphatic carbocycles. The Morgan fingerprint density at radius 3 is 2.40 bits per heavy atom. The molecule has 152 valence electrons. The molecule has 4 aromatic rings. The average Bonchev–Trinajstić information content (AvgIpc) is 3.11. The number of benzene rings is 2. The third-order valence-electron chi connectivity index (χ3n) is 4.86. The summed E-state index contributed by atoms with van der Waals surface area (Å²) in [5.41, 5.74) is 4.61. The van der Waals surface area contributed by atoms with Gasteiger partial charge in [-0.2, -0.15) is 5.10 Å². The number of nitrogens with zero attached hydrogens (tertiary/aromatic N) is 4. The van der Waals surface area contributed by atoms with E-state index in [9.17, 15) is 4.79 Å². The summed E-state index contributed by atoms with van der Waals surface area (Å²) >= 11 is 0. The van der Waals surface area contributed by atoms with Crippen LogP contribution in [0.25, 0.3) is 16.8 Å². The van der Waals surface area contributed by atoms with Crippen molar-refractivity contribution < 1.29 is 14.3 Å². The molecule has 8 nitrogen and oxygen atoms in total. The maximum atomic E-state index is 12.8. The van der Waals surface area contributed by atoms with Gasteiger partial charge in [-0.3, -0.25) is 4.79 Å². The Kier molecular flexibility index (Phi) is 5.05. The Balaban J connectivity index is 1.71. The third-order valence-corrected chi connectivity index (χ3v) is 4.86. The lowest BCUT2D eigenvalue weighted by molar-refractivity contribution is 0.102. The Bertz CT molecular complexity index is 1230. The summed E-state index contributed by atoms with van der Waals surface area (Å²) in [5, 5.41) is 15.9. The molecule has 1 N–H and O–H groups in total. The van der Waals surface area contributed by atoms with E-state index in [0.717, 1.165) is 22.6 Å². The molecule has 1 amide bonds. The van der Waals surface area contributed by atoms with Crippen LogP contribution in [0.4, 0.5) is 5.69 Å². The van der Waals surface area contributed by atoms with E-state index in [1.807, 2.05) is 31.2 Å². The fraction of sp³-hybridized carbons (Fsp3) is 0.182. The molecule has 0 fully saturated rings. The fourth-order valence-electron chi connectivity index (χ4n) is 3.31. The topological polar surface area (TPSA) is 90.6 Å². The minimum atomic E-state index is -0.366. The van der Waals surface area contributed by atoms with E-state index in [0.29, 0.717) is 22.8 Å². The van der Waals surface area contributed by atoms with Crippen LogP contribution < -0.4 is 14.8 Å². The summed E-state index contributed by atoms with van der Waals surface area (Å²) in [6, 6.07) is 14.8. The zero-order valence-corrected chi connectivity index (χ0v) is 17.1. The molecule has 0 aliphatic rings. The number of aryl methyl sites for hydroxylation is 2. The molecule has 30 heavy (non-hydrogen) atoms. The molecule has 0 aliphatic heterocycles. The molecule has 0 unspecified atom stereocenters. The standard InChI is InChI=1S/C22H21N5O3/c1-13-19(15-8-10-17(29-3)11-9-15)21-25-24-20(14(2)27(21)26-13)22(28)23-16-6-5-7-18(12-16)30-4/h5-12H,1-4H3,(H,23,28). The van der Waals surface area contributed by atoms with Crippen LogP contribution >= 0.6 is 0 Å². The van der Waals surface area contributed by atoms with Crippen molar-refractivity contribution in [1.29, 1.82) is 0 Å². The van der Waals surface area contributed by atoms with Crippen LogP contribution in [0.5, 0.6) is 11.5 Å². The highest BCUT2D eigenvalue weighted by Gasteiger charge is 2.20. The van der Waals surface area contributed by atoms with Crippen LogP contribution in [0.1, 0.15) is 21.9 Å². The van der Waals surface area contributed by atoms with Gasteiger partial charge in [0.25, 0.3) is 5.91 Å². The van der Waals surface area contributed by atoms with Gasteiger partial charge in [0, 0.05) is 11.8 Å². The van der Waals surface area contributed by atoms with Crippen molar-refractivity contribution in [1.82, 2.24) is 19.8 Å². The summed E-state index contributed by atoms with van der Waals surface area (Å²) in [7, 11) is 3.20. The van der Waals surface area contributed by atoms with Crippen LogP contribution in [-0.2, 0) is 0 Å². The van der Waals surface area contributed by atoms with E-state index >= 15 is 0 Å². The summed E-state index contributed by atoms with van der Waals surface area (Å²) in [5.74, 6) is 1.05. The van der Waals surface area contributed by atoms with Crippen molar-refractivity contribution in [3.8, 4) is 22.6 Å². The van der Waals surface area contributed by atoms with Gasteiger partial charge in [-0.05, 0) is 43.7 Å². The molecule has 0 spiro atoms. The Labute approximate surface area is 173 Å². The smallest absolute Gasteiger partial charge is 0.278 e. The number of carbonyl (C=O) groups excluding carboxylic acids is 1. The highest BCUT2D eigenvalue weighted by Crippen LogP contribution is 2.29. The maximum Gasteiger partial charge on any atom is 0.278 e. The van der Waals surface area contributed by atoms with E-state index in [-0.39, 0.29) is 11.6 Å². The number of ether oxygens (including phenoxy) is 2. The van der Waals surface area contributed by atoms with Crippen molar-refractivity contribution in [3.63, 3.8) is 0 Å². The van der Waals surface area contributed by atoms with Gasteiger partial charge in [-0.15, -0.1) is 10.2 Å². The largest absolute Gasteiger partial charge is 0.497 e. The van der Waals surface area contributed by atoms with Gasteiger partial charge < -0.3 is 14.8 Å². The number of methoxy groups -OCH3 is 2. The summed E-state index contributed by atoms with van der Waals surface area (Å²) in [6.07, 6.45) is 0. The van der Waals surface area contributed by atoms with Gasteiger partial charge in [-0.25, -0.2) is 4.52 Å². The maximum absolute atomic E-state index is 12.8. The third kappa shape index (κ3) is 3.43. The predicted octanol–water partition coefficient (Wildman–Crippen LogP) is 3.68. The number of hydrogen-bond donors (Lipinski definition) is 1. The zero-order valence-electron chi connectivity index (χ0n) is 17.1. The second kappa shape index (κ2) is 7.82. The van der Waals surface area contributed by atoms with Crippen LogP contribution in [0.3, 0.4) is 0 Å². The van der Waals surface area contributed by atoms with Gasteiger partial charge in [0.05, 0.1) is 31.2 Å². The highest BCUT2D eigenvalue weighted by atomic mass is 16.5. The molecular formula is C22H21N5O3. The molecule has 2 heterocycles. The molecule has 0 radical (unpaired) electrons. The fourth-order valence-corrected chi connectivity index (χ4v) is 3.31. The molecule has 2 aromatic carbocycles. The molecule has 0 bridgehead atoms. The van der Waals surface area contributed by atoms with Gasteiger partial charge in [0.15, 0.2) is 11.3 Å². The van der Waals surface area contributed by atoms with Crippen LogP contribution in [-0.4, -0.2) is 39.9 Å². The van der Waals surface area contributed by atoms with E-state index in [1.54, 1.807) is 49.9 Å². The lowest BCUT2D eigenvalue weighted by Gasteiger charge is -2.09. The molecule has 4 rings (SSSR count). The number of fused-ring (bicyclic) bond motifs is 1. The van der Waals surface area contributed by atoms with Gasteiger partial charge in [0.2, 0.25) is 0 Å². The molecule has 2 aromatic heterocycles. The number of carbonyl (C=O) groups is 1. The van der Waals surface area contributed by atoms with E-state index in [2.05, 4.69) is 20.6 Å². The van der Waals surface area contributed by atoms with Gasteiger partial charge in [-0.1, -0.05) is 18.2 Å². The molecule has 0 atom stereocenters. The SMILES string of the molecule is COc1ccc(-c2c(C)nn3c(C)c(C(=O)Nc4cccc(OC)c4)nnc23)cc1. The van der Waals surface area contributed by atoms with Crippen molar-refractivity contribution in [2.24, 2.45) is 0 Å². The predicted molar refractivity (Wildman–Crippen MR) is 113 cm³/mol. The van der Waals surface area contributed by atoms with Gasteiger partial charge in [0.1, 0.15) is 11.5 Å². The number of aromatic nitrogens is 4. The first-order valence-electron chi connectivity index (χ1n) is 9.34. The highest BCUT2D eigenvalue weighted by molar-refractivity contribution is 6.03. The lowest BCUT2D eigenvalue weighted by atomic mass is 10.1. The minimum Gasteiger partial charge on any atom is -0.497 e. The Morgan fingerprint density at radius 2 is 1.70 bits per heavy atom. The number of hydrogen-bond acceptors (Lipinski definition) is 6. The molecule has 0 saturated heterocycles. The number of nitrogens with one attached hydrogen (secondary N) is 1. The van der Waals surface area contributed by atoms with E-state index in [1.165, 1.54) is 0 Å². The number of anilines is 1. The zero-order chi connectivity index (χ0) is 21.3. The van der Waals surface area contributed by atoms with Crippen LogP contribution in [0.2, 0.25) is 0 Å². The van der Waals surface area contributed by atoms with Crippen LogP contribution in [0.15, 0.2) is 48.5 Å². The van der Waals surface area contributed by atoms with E-state index < -0.39 is 0 Å². The Morgan fingerprint density at radius 1 is 0.967 bits per heavy atom. The second-order valence-corrected chi connectivity index (χ2v) is 6.74. The first kappa shape index (κ1) is 19.4. The second-order valence-electron chi connectivity index (χ2n) is 6.74. The lowest BCUT2D eigenvalue weighted by Crippen LogP contribution is -2.18. The summed E-state index contributed by atoms with van der Waals surface area (Å²) in [6.45, 7) is 3.70. The Hall–Kier alpha value is -3.94. The van der Waals surface area contributed by atoms with Gasteiger partial charge >= 0.3 is 0 Å². The first-order chi connectivity index (χ1) is 14.5. The van der Waals surface area contributed by atoms with Crippen molar-refractivity contribution in [2.45, 2.75) is 13.8 Å². The normalized spacial score (nSPS) is 10.8. The quantitative estimate of drug-likeness (QED) is 0.547. The monoisotopic (exact) mass is 403 g/mol. The van der Waals surface area contributed by atoms with Crippen molar-refractivity contribution in [3.05, 3.63) is 65.6 Å². The molecular weight excluding hydrogens is 382 g/mol. The number of rotatable bonds is 5. The van der Waals surface area contributed by atoms with Crippen molar-refractivity contribution in [2.75, 3.05) is 19.5 Å². The van der Waals surface area contributed by atoms with Crippen molar-refractivity contribution >= 4 is 17.2 Å². The molecule has 0 saturated carbocycles.